The molecular formula is C20H19N3O3S. The third kappa shape index (κ3) is 4.98. The van der Waals surface area contributed by atoms with Crippen LogP contribution < -0.4 is 10.1 Å². The zero-order chi connectivity index (χ0) is 19.2. The number of nitrogens with one attached hydrogen (secondary N) is 1. The van der Waals surface area contributed by atoms with Crippen LogP contribution in [0.4, 0.5) is 5.13 Å². The number of nitrogens with zero attached hydrogens (tertiary/aromatic N) is 2. The Morgan fingerprint density at radius 1 is 1.11 bits per heavy atom. The van der Waals surface area contributed by atoms with Crippen LogP contribution in [0.15, 0.2) is 48.5 Å². The van der Waals surface area contributed by atoms with Crippen LogP contribution in [0.1, 0.15) is 33.4 Å². The van der Waals surface area contributed by atoms with Crippen molar-refractivity contribution in [3.05, 3.63) is 70.2 Å². The molecule has 0 unspecified atom stereocenters. The number of Topliss-reactive ketones (excluding diaryl/α,β-unsaturated/α-hetero) is 1. The molecule has 0 saturated carbocycles. The van der Waals surface area contributed by atoms with E-state index in [4.69, 9.17) is 4.74 Å². The summed E-state index contributed by atoms with van der Waals surface area (Å²) >= 11 is 1.35. The van der Waals surface area contributed by atoms with Gasteiger partial charge in [0.1, 0.15) is 10.8 Å². The van der Waals surface area contributed by atoms with Gasteiger partial charge in [-0.1, -0.05) is 41.7 Å². The van der Waals surface area contributed by atoms with Crippen LogP contribution in [-0.4, -0.2) is 29.0 Å². The molecule has 2 aromatic carbocycles. The number of rotatable bonds is 7. The molecule has 1 amide bonds. The summed E-state index contributed by atoms with van der Waals surface area (Å²) in [6.45, 7) is 1.49. The zero-order valence-electron chi connectivity index (χ0n) is 15.1. The Balaban J connectivity index is 1.66. The minimum Gasteiger partial charge on any atom is -0.496 e. The number of ketones is 1. The second-order valence-electron chi connectivity index (χ2n) is 5.97. The van der Waals surface area contributed by atoms with E-state index in [1.54, 1.807) is 18.2 Å². The highest BCUT2D eigenvalue weighted by atomic mass is 32.1. The minimum atomic E-state index is -0.239. The molecule has 138 valence electrons. The molecule has 1 aromatic heterocycles. The number of ether oxygens (including phenoxy) is 1. The summed E-state index contributed by atoms with van der Waals surface area (Å²) in [5.41, 5.74) is 2.33. The van der Waals surface area contributed by atoms with E-state index in [0.717, 1.165) is 10.6 Å². The van der Waals surface area contributed by atoms with E-state index < -0.39 is 0 Å². The van der Waals surface area contributed by atoms with Gasteiger partial charge in [0.05, 0.1) is 13.5 Å². The molecule has 0 bridgehead atoms. The van der Waals surface area contributed by atoms with Crippen molar-refractivity contribution in [3.8, 4) is 5.75 Å². The Hall–Kier alpha value is -3.06. The summed E-state index contributed by atoms with van der Waals surface area (Å²) in [7, 11) is 1.53. The molecule has 0 atom stereocenters. The molecule has 7 heteroatoms. The lowest BCUT2D eigenvalue weighted by Gasteiger charge is -2.09. The number of hydrogen-bond acceptors (Lipinski definition) is 6. The Morgan fingerprint density at radius 2 is 1.89 bits per heavy atom. The first kappa shape index (κ1) is 18.7. The average molecular weight is 381 g/mol. The van der Waals surface area contributed by atoms with Crippen molar-refractivity contribution in [3.63, 3.8) is 0 Å². The van der Waals surface area contributed by atoms with Crippen LogP contribution in [0.2, 0.25) is 0 Å². The first-order valence-electron chi connectivity index (χ1n) is 8.39. The van der Waals surface area contributed by atoms with Crippen molar-refractivity contribution < 1.29 is 14.3 Å². The summed E-state index contributed by atoms with van der Waals surface area (Å²) in [4.78, 5) is 24.0. The Labute approximate surface area is 161 Å². The number of anilines is 1. The van der Waals surface area contributed by atoms with Crippen LogP contribution in [0, 0.1) is 0 Å². The smallest absolute Gasteiger partial charge is 0.230 e. The third-order valence-corrected chi connectivity index (χ3v) is 4.79. The summed E-state index contributed by atoms with van der Waals surface area (Å²) < 4.78 is 5.29. The van der Waals surface area contributed by atoms with Crippen molar-refractivity contribution in [1.82, 2.24) is 10.2 Å². The van der Waals surface area contributed by atoms with E-state index in [-0.39, 0.29) is 18.1 Å². The fourth-order valence-corrected chi connectivity index (χ4v) is 3.41. The van der Waals surface area contributed by atoms with Gasteiger partial charge in [-0.05, 0) is 30.7 Å². The fraction of sp³-hybridized carbons (Fsp3) is 0.200. The van der Waals surface area contributed by atoms with E-state index in [9.17, 15) is 9.59 Å². The maximum absolute atomic E-state index is 12.4. The molecule has 6 nitrogen and oxygen atoms in total. The summed E-state index contributed by atoms with van der Waals surface area (Å²) in [5, 5.41) is 12.2. The molecule has 27 heavy (non-hydrogen) atoms. The molecular weight excluding hydrogens is 362 g/mol. The summed E-state index contributed by atoms with van der Waals surface area (Å²) in [6, 6.07) is 15.0. The van der Waals surface area contributed by atoms with Crippen molar-refractivity contribution in [2.24, 2.45) is 0 Å². The SMILES string of the molecule is COc1ccc(C(C)=O)cc1CC(=O)Nc1nnc(Cc2ccccc2)s1. The lowest BCUT2D eigenvalue weighted by atomic mass is 10.0. The Bertz CT molecular complexity index is 954. The molecule has 0 aliphatic carbocycles. The third-order valence-electron chi connectivity index (χ3n) is 3.95. The van der Waals surface area contributed by atoms with Gasteiger partial charge in [-0.15, -0.1) is 10.2 Å². The fourth-order valence-electron chi connectivity index (χ4n) is 2.62. The van der Waals surface area contributed by atoms with E-state index in [2.05, 4.69) is 15.5 Å². The molecule has 0 aliphatic heterocycles. The number of amides is 1. The highest BCUT2D eigenvalue weighted by Crippen LogP contribution is 2.22. The van der Waals surface area contributed by atoms with Gasteiger partial charge in [-0.2, -0.15) is 0 Å². The van der Waals surface area contributed by atoms with Gasteiger partial charge in [-0.3, -0.25) is 9.59 Å². The predicted molar refractivity (Wildman–Crippen MR) is 104 cm³/mol. The normalized spacial score (nSPS) is 10.4. The van der Waals surface area contributed by atoms with Gasteiger partial charge in [-0.25, -0.2) is 0 Å². The Morgan fingerprint density at radius 3 is 2.59 bits per heavy atom. The number of carbonyl (C=O) groups excluding carboxylic acids is 2. The second kappa shape index (κ2) is 8.55. The van der Waals surface area contributed by atoms with Gasteiger partial charge in [0.25, 0.3) is 0 Å². The zero-order valence-corrected chi connectivity index (χ0v) is 15.9. The van der Waals surface area contributed by atoms with E-state index in [0.29, 0.717) is 28.4 Å². The molecule has 0 saturated heterocycles. The van der Waals surface area contributed by atoms with Crippen molar-refractivity contribution in [2.45, 2.75) is 19.8 Å². The quantitative estimate of drug-likeness (QED) is 0.633. The lowest BCUT2D eigenvalue weighted by Crippen LogP contribution is -2.15. The molecule has 1 N–H and O–H groups in total. The number of hydrogen-bond donors (Lipinski definition) is 1. The minimum absolute atomic E-state index is 0.0611. The van der Waals surface area contributed by atoms with Gasteiger partial charge in [0.15, 0.2) is 5.78 Å². The molecule has 0 radical (unpaired) electrons. The number of benzene rings is 2. The molecule has 1 heterocycles. The maximum Gasteiger partial charge on any atom is 0.230 e. The van der Waals surface area contributed by atoms with Crippen molar-refractivity contribution >= 4 is 28.2 Å². The standard InChI is InChI=1S/C20H19N3O3S/c1-13(24)15-8-9-17(26-2)16(11-15)12-18(25)21-20-23-22-19(27-20)10-14-6-4-3-5-7-14/h3-9,11H,10,12H2,1-2H3,(H,21,23,25). The van der Waals surface area contributed by atoms with Crippen molar-refractivity contribution in [1.29, 1.82) is 0 Å². The highest BCUT2D eigenvalue weighted by Gasteiger charge is 2.14. The van der Waals surface area contributed by atoms with Gasteiger partial charge < -0.3 is 10.1 Å². The van der Waals surface area contributed by atoms with Gasteiger partial charge >= 0.3 is 0 Å². The maximum atomic E-state index is 12.4. The van der Waals surface area contributed by atoms with Crippen LogP contribution in [0.25, 0.3) is 0 Å². The van der Waals surface area contributed by atoms with Crippen LogP contribution in [0.5, 0.6) is 5.75 Å². The van der Waals surface area contributed by atoms with Crippen molar-refractivity contribution in [2.75, 3.05) is 12.4 Å². The monoisotopic (exact) mass is 381 g/mol. The molecule has 0 aliphatic rings. The highest BCUT2D eigenvalue weighted by molar-refractivity contribution is 7.15. The average Bonchev–Trinajstić information content (AvgIpc) is 3.09. The molecule has 3 aromatic rings. The predicted octanol–water partition coefficient (Wildman–Crippen LogP) is 3.52. The van der Waals surface area contributed by atoms with Crippen LogP contribution >= 0.6 is 11.3 Å². The number of aromatic nitrogens is 2. The second-order valence-corrected chi connectivity index (χ2v) is 7.03. The largest absolute Gasteiger partial charge is 0.496 e. The first-order valence-corrected chi connectivity index (χ1v) is 9.21. The van der Waals surface area contributed by atoms with E-state index in [1.807, 2.05) is 30.3 Å². The van der Waals surface area contributed by atoms with Gasteiger partial charge in [0.2, 0.25) is 11.0 Å². The summed E-state index contributed by atoms with van der Waals surface area (Å²) in [6.07, 6.45) is 0.751. The number of methoxy groups -OCH3 is 1. The molecule has 3 rings (SSSR count). The lowest BCUT2D eigenvalue weighted by molar-refractivity contribution is -0.115. The van der Waals surface area contributed by atoms with Crippen LogP contribution in [-0.2, 0) is 17.6 Å². The first-order chi connectivity index (χ1) is 13.0. The molecule has 0 fully saturated rings. The van der Waals surface area contributed by atoms with E-state index >= 15 is 0 Å². The molecule has 0 spiro atoms. The van der Waals surface area contributed by atoms with Crippen LogP contribution in [0.3, 0.4) is 0 Å². The Kier molecular flexibility index (Phi) is 5.93. The summed E-state index contributed by atoms with van der Waals surface area (Å²) in [5.74, 6) is 0.266. The number of carbonyl (C=O) groups is 2. The van der Waals surface area contributed by atoms with E-state index in [1.165, 1.54) is 25.4 Å². The topological polar surface area (TPSA) is 81.2 Å². The van der Waals surface area contributed by atoms with Gasteiger partial charge in [0, 0.05) is 17.5 Å².